The first kappa shape index (κ1) is 13.8. The molecule has 21 heavy (non-hydrogen) atoms. The van der Waals surface area contributed by atoms with Crippen LogP contribution in [0.4, 0.5) is 0 Å². The molecule has 1 aliphatic rings. The fourth-order valence-electron chi connectivity index (χ4n) is 2.17. The second kappa shape index (κ2) is 4.66. The van der Waals surface area contributed by atoms with Gasteiger partial charge >= 0.3 is 5.63 Å². The van der Waals surface area contributed by atoms with Crippen molar-refractivity contribution in [3.63, 3.8) is 0 Å². The molecule has 6 nitrogen and oxygen atoms in total. The number of phenols is 1. The first-order valence-corrected chi connectivity index (χ1v) is 6.57. The van der Waals surface area contributed by atoms with Crippen LogP contribution in [0.2, 0.25) is 0 Å². The normalized spacial score (nSPS) is 19.5. The number of fused-ring (bicyclic) bond motifs is 1. The Morgan fingerprint density at radius 2 is 2.10 bits per heavy atom. The average molecular weight is 292 g/mol. The van der Waals surface area contributed by atoms with Gasteiger partial charge in [-0.05, 0) is 26.0 Å². The van der Waals surface area contributed by atoms with E-state index >= 15 is 0 Å². The quantitative estimate of drug-likeness (QED) is 0.686. The van der Waals surface area contributed by atoms with Gasteiger partial charge < -0.3 is 23.7 Å². The van der Waals surface area contributed by atoms with Gasteiger partial charge in [0.15, 0.2) is 11.3 Å². The summed E-state index contributed by atoms with van der Waals surface area (Å²) in [7, 11) is 1.48. The largest absolute Gasteiger partial charge is 0.502 e. The summed E-state index contributed by atoms with van der Waals surface area (Å²) < 4.78 is 21.3. The molecule has 112 valence electrons. The number of epoxide rings is 1. The summed E-state index contributed by atoms with van der Waals surface area (Å²) in [5.41, 5.74) is -0.679. The molecule has 6 heteroatoms. The number of hydrogen-bond donors (Lipinski definition) is 1. The Kier molecular flexibility index (Phi) is 3.06. The molecule has 1 aromatic heterocycles. The van der Waals surface area contributed by atoms with Crippen LogP contribution in [0.25, 0.3) is 11.0 Å². The van der Waals surface area contributed by atoms with Crippen LogP contribution in [0.3, 0.4) is 0 Å². The van der Waals surface area contributed by atoms with Crippen LogP contribution in [0.15, 0.2) is 27.4 Å². The molecule has 0 amide bonds. The van der Waals surface area contributed by atoms with Gasteiger partial charge in [-0.15, -0.1) is 0 Å². The standard InChI is InChI=1S/C15H16O6/c1-15(2)10(21-15)7-19-14-9(18-3)6-8-4-5-11(16)20-13(8)12(14)17/h4-6,10,17H,7H2,1-3H3. The molecule has 0 spiro atoms. The van der Waals surface area contributed by atoms with Gasteiger partial charge in [0.2, 0.25) is 11.5 Å². The Morgan fingerprint density at radius 3 is 2.71 bits per heavy atom. The van der Waals surface area contributed by atoms with Crippen LogP contribution in [-0.4, -0.2) is 30.5 Å². The maximum atomic E-state index is 11.3. The lowest BCUT2D eigenvalue weighted by Gasteiger charge is -2.13. The first-order valence-electron chi connectivity index (χ1n) is 6.57. The minimum atomic E-state index is -0.541. The fourth-order valence-corrected chi connectivity index (χ4v) is 2.17. The number of phenolic OH excluding ortho intramolecular Hbond substituents is 1. The Labute approximate surface area is 120 Å². The zero-order chi connectivity index (χ0) is 15.2. The number of aromatic hydroxyl groups is 1. The summed E-state index contributed by atoms with van der Waals surface area (Å²) in [5.74, 6) is 0.262. The van der Waals surface area contributed by atoms with E-state index in [1.165, 1.54) is 13.2 Å². The maximum absolute atomic E-state index is 11.3. The summed E-state index contributed by atoms with van der Waals surface area (Å²) in [6.07, 6.45) is -0.0416. The van der Waals surface area contributed by atoms with E-state index in [0.29, 0.717) is 11.1 Å². The molecule has 1 unspecified atom stereocenters. The molecular weight excluding hydrogens is 276 g/mol. The highest BCUT2D eigenvalue weighted by Gasteiger charge is 2.48. The summed E-state index contributed by atoms with van der Waals surface area (Å²) in [6.45, 7) is 4.19. The molecule has 1 saturated heterocycles. The molecule has 1 aromatic carbocycles. The molecule has 1 atom stereocenters. The molecule has 2 aromatic rings. The third kappa shape index (κ3) is 2.42. The zero-order valence-electron chi connectivity index (χ0n) is 12.0. The number of benzene rings is 1. The van der Waals surface area contributed by atoms with Crippen LogP contribution in [0, 0.1) is 0 Å². The van der Waals surface area contributed by atoms with Crippen molar-refractivity contribution in [3.05, 3.63) is 28.6 Å². The van der Waals surface area contributed by atoms with Gasteiger partial charge in [0.05, 0.1) is 12.7 Å². The monoisotopic (exact) mass is 292 g/mol. The molecule has 3 rings (SSSR count). The lowest BCUT2D eigenvalue weighted by molar-refractivity contribution is 0.238. The molecule has 1 fully saturated rings. The fraction of sp³-hybridized carbons (Fsp3) is 0.400. The van der Waals surface area contributed by atoms with Crippen molar-refractivity contribution in [3.8, 4) is 17.2 Å². The molecule has 0 saturated carbocycles. The van der Waals surface area contributed by atoms with Gasteiger partial charge in [0.1, 0.15) is 12.7 Å². The number of methoxy groups -OCH3 is 1. The summed E-state index contributed by atoms with van der Waals surface area (Å²) in [4.78, 5) is 11.3. The second-order valence-electron chi connectivity index (χ2n) is 5.45. The topological polar surface area (TPSA) is 81.4 Å². The van der Waals surface area contributed by atoms with Crippen LogP contribution in [0.1, 0.15) is 13.8 Å². The Balaban J connectivity index is 1.99. The van der Waals surface area contributed by atoms with Gasteiger partial charge in [0.25, 0.3) is 0 Å². The second-order valence-corrected chi connectivity index (χ2v) is 5.45. The molecule has 0 aliphatic carbocycles. The van der Waals surface area contributed by atoms with Crippen LogP contribution < -0.4 is 15.1 Å². The van der Waals surface area contributed by atoms with E-state index in [2.05, 4.69) is 0 Å². The Hall–Kier alpha value is -2.21. The molecule has 0 radical (unpaired) electrons. The minimum absolute atomic E-state index is 0.0416. The number of ether oxygens (including phenoxy) is 3. The molecule has 2 heterocycles. The van der Waals surface area contributed by atoms with Gasteiger partial charge in [0, 0.05) is 11.5 Å². The number of rotatable bonds is 4. The highest BCUT2D eigenvalue weighted by atomic mass is 16.6. The van der Waals surface area contributed by atoms with Gasteiger partial charge in [-0.3, -0.25) is 0 Å². The van der Waals surface area contributed by atoms with Crippen molar-refractivity contribution in [1.29, 1.82) is 0 Å². The maximum Gasteiger partial charge on any atom is 0.336 e. The van der Waals surface area contributed by atoms with E-state index in [0.717, 1.165) is 0 Å². The molecule has 1 aliphatic heterocycles. The van der Waals surface area contributed by atoms with Crippen molar-refractivity contribution >= 4 is 11.0 Å². The number of hydrogen-bond acceptors (Lipinski definition) is 6. The minimum Gasteiger partial charge on any atom is -0.502 e. The Bertz CT molecular complexity index is 746. The average Bonchev–Trinajstić information content (AvgIpc) is 3.05. The van der Waals surface area contributed by atoms with Crippen LogP contribution in [-0.2, 0) is 4.74 Å². The summed E-state index contributed by atoms with van der Waals surface area (Å²) in [6, 6.07) is 4.48. The molecule has 1 N–H and O–H groups in total. The Morgan fingerprint density at radius 1 is 1.38 bits per heavy atom. The molecular formula is C15H16O6. The lowest BCUT2D eigenvalue weighted by atomic mass is 10.1. The van der Waals surface area contributed by atoms with E-state index in [1.807, 2.05) is 13.8 Å². The van der Waals surface area contributed by atoms with Gasteiger partial charge in [-0.1, -0.05) is 0 Å². The van der Waals surface area contributed by atoms with Gasteiger partial charge in [-0.2, -0.15) is 0 Å². The van der Waals surface area contributed by atoms with Gasteiger partial charge in [-0.25, -0.2) is 4.79 Å². The van der Waals surface area contributed by atoms with Crippen molar-refractivity contribution in [2.45, 2.75) is 25.6 Å². The van der Waals surface area contributed by atoms with Crippen LogP contribution >= 0.6 is 0 Å². The van der Waals surface area contributed by atoms with Crippen molar-refractivity contribution < 1.29 is 23.7 Å². The smallest absolute Gasteiger partial charge is 0.336 e. The van der Waals surface area contributed by atoms with Crippen molar-refractivity contribution in [2.75, 3.05) is 13.7 Å². The molecule has 0 bridgehead atoms. The van der Waals surface area contributed by atoms with Crippen LogP contribution in [0.5, 0.6) is 17.2 Å². The van der Waals surface area contributed by atoms with Crippen molar-refractivity contribution in [2.24, 2.45) is 0 Å². The van der Waals surface area contributed by atoms with Crippen molar-refractivity contribution in [1.82, 2.24) is 0 Å². The first-order chi connectivity index (χ1) is 9.92. The van der Waals surface area contributed by atoms with E-state index < -0.39 is 5.63 Å². The third-order valence-corrected chi connectivity index (χ3v) is 3.57. The SMILES string of the molecule is COc1cc2ccc(=O)oc2c(O)c1OCC1OC1(C)C. The highest BCUT2D eigenvalue weighted by Crippen LogP contribution is 2.43. The predicted octanol–water partition coefficient (Wildman–Crippen LogP) is 2.06. The lowest BCUT2D eigenvalue weighted by Crippen LogP contribution is -2.12. The van der Waals surface area contributed by atoms with E-state index in [1.54, 1.807) is 12.1 Å². The summed E-state index contributed by atoms with van der Waals surface area (Å²) in [5, 5.41) is 10.8. The highest BCUT2D eigenvalue weighted by molar-refractivity contribution is 5.87. The van der Waals surface area contributed by atoms with E-state index in [4.69, 9.17) is 18.6 Å². The van der Waals surface area contributed by atoms with E-state index in [-0.39, 0.29) is 35.4 Å². The summed E-state index contributed by atoms with van der Waals surface area (Å²) >= 11 is 0. The third-order valence-electron chi connectivity index (χ3n) is 3.57. The van der Waals surface area contributed by atoms with E-state index in [9.17, 15) is 9.90 Å². The zero-order valence-corrected chi connectivity index (χ0v) is 12.0. The predicted molar refractivity (Wildman–Crippen MR) is 75.1 cm³/mol.